The molecule has 0 radical (unpaired) electrons. The molecule has 2 atom stereocenters. The Labute approximate surface area is 107 Å². The zero-order valence-corrected chi connectivity index (χ0v) is 11.1. The lowest BCUT2D eigenvalue weighted by Crippen LogP contribution is -2.52. The number of carbonyl (C=O) groups is 1. The van der Waals surface area contributed by atoms with Gasteiger partial charge in [0.15, 0.2) is 5.78 Å². The summed E-state index contributed by atoms with van der Waals surface area (Å²) < 4.78 is 5.89. The fourth-order valence-corrected chi connectivity index (χ4v) is 4.17. The van der Waals surface area contributed by atoms with Crippen molar-refractivity contribution in [3.05, 3.63) is 0 Å². The van der Waals surface area contributed by atoms with Crippen molar-refractivity contribution in [2.45, 2.75) is 43.7 Å². The molecule has 0 aromatic heterocycles. The molecule has 1 N–H and O–H groups in total. The van der Waals surface area contributed by atoms with Crippen LogP contribution in [0.4, 0.5) is 0 Å². The highest BCUT2D eigenvalue weighted by Gasteiger charge is 2.45. The van der Waals surface area contributed by atoms with Crippen LogP contribution < -0.4 is 5.32 Å². The van der Waals surface area contributed by atoms with Gasteiger partial charge in [-0.2, -0.15) is 11.8 Å². The van der Waals surface area contributed by atoms with Crippen LogP contribution in [-0.2, 0) is 9.53 Å². The highest BCUT2D eigenvalue weighted by molar-refractivity contribution is 7.99. The maximum atomic E-state index is 12.4. The number of Topliss-reactive ketones (excluding diaryl/α,β-unsaturated/α-hetero) is 1. The van der Waals surface area contributed by atoms with E-state index in [9.17, 15) is 4.79 Å². The van der Waals surface area contributed by atoms with E-state index >= 15 is 0 Å². The Hall–Kier alpha value is -0.0600. The monoisotopic (exact) mass is 255 g/mol. The van der Waals surface area contributed by atoms with Gasteiger partial charge in [-0.25, -0.2) is 0 Å². The molecule has 2 aliphatic heterocycles. The van der Waals surface area contributed by atoms with Gasteiger partial charge in [0, 0.05) is 30.6 Å². The van der Waals surface area contributed by atoms with Crippen LogP contribution in [0, 0.1) is 5.92 Å². The van der Waals surface area contributed by atoms with Crippen LogP contribution in [0.5, 0.6) is 0 Å². The Bertz CT molecular complexity index is 298. The van der Waals surface area contributed by atoms with E-state index < -0.39 is 0 Å². The zero-order valence-electron chi connectivity index (χ0n) is 10.2. The smallest absolute Gasteiger partial charge is 0.153 e. The lowest BCUT2D eigenvalue weighted by Gasteiger charge is -2.47. The van der Waals surface area contributed by atoms with Gasteiger partial charge in [-0.15, -0.1) is 0 Å². The number of hydrogen-bond donors (Lipinski definition) is 1. The molecule has 17 heavy (non-hydrogen) atoms. The maximum absolute atomic E-state index is 12.4. The molecule has 96 valence electrons. The van der Waals surface area contributed by atoms with E-state index in [4.69, 9.17) is 4.74 Å². The van der Waals surface area contributed by atoms with Crippen molar-refractivity contribution in [1.82, 2.24) is 5.32 Å². The van der Waals surface area contributed by atoms with E-state index in [0.717, 1.165) is 37.5 Å². The van der Waals surface area contributed by atoms with Crippen molar-refractivity contribution in [2.75, 3.05) is 24.7 Å². The summed E-state index contributed by atoms with van der Waals surface area (Å²) in [5, 5.41) is 3.37. The minimum Gasteiger partial charge on any atom is -0.375 e. The molecule has 1 spiro atoms. The van der Waals surface area contributed by atoms with Gasteiger partial charge in [0.2, 0.25) is 0 Å². The number of nitrogens with one attached hydrogen (secondary N) is 1. The second kappa shape index (κ2) is 4.90. The van der Waals surface area contributed by atoms with Crippen LogP contribution in [-0.4, -0.2) is 42.1 Å². The summed E-state index contributed by atoms with van der Waals surface area (Å²) in [5.74, 6) is 2.80. The third-order valence-electron chi connectivity index (χ3n) is 4.43. The molecule has 3 rings (SSSR count). The zero-order chi connectivity index (χ0) is 11.7. The van der Waals surface area contributed by atoms with Gasteiger partial charge in [0.25, 0.3) is 0 Å². The molecule has 2 heterocycles. The van der Waals surface area contributed by atoms with E-state index in [2.05, 4.69) is 5.32 Å². The number of thioether (sulfide) groups is 1. The molecule has 4 heteroatoms. The van der Waals surface area contributed by atoms with E-state index in [1.165, 1.54) is 19.3 Å². The predicted molar refractivity (Wildman–Crippen MR) is 69.4 cm³/mol. The van der Waals surface area contributed by atoms with Gasteiger partial charge < -0.3 is 10.1 Å². The fourth-order valence-electron chi connectivity index (χ4n) is 3.22. The van der Waals surface area contributed by atoms with E-state index in [0.29, 0.717) is 5.78 Å². The molecule has 0 aromatic rings. The summed E-state index contributed by atoms with van der Waals surface area (Å²) >= 11 is 1.90. The normalized spacial score (nSPS) is 36.5. The molecule has 0 bridgehead atoms. The van der Waals surface area contributed by atoms with Crippen LogP contribution in [0.25, 0.3) is 0 Å². The van der Waals surface area contributed by atoms with E-state index in [1.807, 2.05) is 11.8 Å². The summed E-state index contributed by atoms with van der Waals surface area (Å²) in [6, 6.07) is 0.106. The quantitative estimate of drug-likeness (QED) is 0.813. The first-order valence-electron chi connectivity index (χ1n) is 6.78. The van der Waals surface area contributed by atoms with Crippen LogP contribution in [0.2, 0.25) is 0 Å². The number of carbonyl (C=O) groups excluding carboxylic acids is 1. The van der Waals surface area contributed by atoms with Gasteiger partial charge in [-0.05, 0) is 32.1 Å². The van der Waals surface area contributed by atoms with Crippen molar-refractivity contribution in [3.8, 4) is 0 Å². The predicted octanol–water partition coefficient (Wildman–Crippen LogP) is 1.61. The summed E-state index contributed by atoms with van der Waals surface area (Å²) in [7, 11) is 0. The molecule has 3 aliphatic rings. The standard InChI is InChI=1S/C13H21NO2S/c15-12(11-9-17-7-5-14-11)10-2-6-16-13(8-10)3-1-4-13/h10-11,14H,1-9H2. The van der Waals surface area contributed by atoms with Gasteiger partial charge in [0.05, 0.1) is 11.6 Å². The van der Waals surface area contributed by atoms with Crippen LogP contribution in [0.15, 0.2) is 0 Å². The summed E-state index contributed by atoms with van der Waals surface area (Å²) in [6.07, 6.45) is 5.53. The molecule has 2 saturated heterocycles. The number of ketones is 1. The minimum absolute atomic E-state index is 0.0976. The van der Waals surface area contributed by atoms with Crippen molar-refractivity contribution < 1.29 is 9.53 Å². The first-order valence-corrected chi connectivity index (χ1v) is 7.93. The van der Waals surface area contributed by atoms with Crippen LogP contribution in [0.3, 0.4) is 0 Å². The van der Waals surface area contributed by atoms with Gasteiger partial charge in [0.1, 0.15) is 0 Å². The Morgan fingerprint density at radius 2 is 2.29 bits per heavy atom. The van der Waals surface area contributed by atoms with Gasteiger partial charge in [-0.1, -0.05) is 0 Å². The molecule has 2 unspecified atom stereocenters. The topological polar surface area (TPSA) is 38.3 Å². The lowest BCUT2D eigenvalue weighted by molar-refractivity contribution is -0.156. The molecular weight excluding hydrogens is 234 g/mol. The largest absolute Gasteiger partial charge is 0.375 e. The maximum Gasteiger partial charge on any atom is 0.153 e. The Kier molecular flexibility index (Phi) is 3.46. The van der Waals surface area contributed by atoms with Crippen LogP contribution >= 0.6 is 11.8 Å². The first kappa shape index (κ1) is 12.0. The molecule has 3 nitrogen and oxygen atoms in total. The molecule has 0 amide bonds. The number of rotatable bonds is 2. The Morgan fingerprint density at radius 3 is 2.94 bits per heavy atom. The fraction of sp³-hybridized carbons (Fsp3) is 0.923. The third-order valence-corrected chi connectivity index (χ3v) is 5.49. The Balaban J connectivity index is 1.60. The van der Waals surface area contributed by atoms with Crippen molar-refractivity contribution in [3.63, 3.8) is 0 Å². The number of hydrogen-bond acceptors (Lipinski definition) is 4. The van der Waals surface area contributed by atoms with Crippen molar-refractivity contribution >= 4 is 17.5 Å². The highest BCUT2D eigenvalue weighted by Crippen LogP contribution is 2.44. The summed E-state index contributed by atoms with van der Waals surface area (Å²) in [5.41, 5.74) is 0.0976. The average Bonchev–Trinajstić information content (AvgIpc) is 2.37. The first-order chi connectivity index (χ1) is 8.29. The van der Waals surface area contributed by atoms with Crippen LogP contribution in [0.1, 0.15) is 32.1 Å². The van der Waals surface area contributed by atoms with Crippen molar-refractivity contribution in [2.24, 2.45) is 5.92 Å². The summed E-state index contributed by atoms with van der Waals surface area (Å²) in [6.45, 7) is 1.77. The van der Waals surface area contributed by atoms with Gasteiger partial charge in [-0.3, -0.25) is 4.79 Å². The molecular formula is C13H21NO2S. The summed E-state index contributed by atoms with van der Waals surface area (Å²) in [4.78, 5) is 12.4. The molecule has 0 aromatic carbocycles. The third kappa shape index (κ3) is 2.40. The second-order valence-electron chi connectivity index (χ2n) is 5.56. The Morgan fingerprint density at radius 1 is 1.41 bits per heavy atom. The second-order valence-corrected chi connectivity index (χ2v) is 6.71. The molecule has 3 fully saturated rings. The molecule has 1 aliphatic carbocycles. The van der Waals surface area contributed by atoms with E-state index in [1.54, 1.807) is 0 Å². The minimum atomic E-state index is 0.0976. The molecule has 1 saturated carbocycles. The van der Waals surface area contributed by atoms with E-state index in [-0.39, 0.29) is 17.6 Å². The lowest BCUT2D eigenvalue weighted by atomic mass is 9.70. The number of ether oxygens (including phenoxy) is 1. The van der Waals surface area contributed by atoms with Gasteiger partial charge >= 0.3 is 0 Å². The highest BCUT2D eigenvalue weighted by atomic mass is 32.2. The average molecular weight is 255 g/mol. The van der Waals surface area contributed by atoms with Crippen molar-refractivity contribution in [1.29, 1.82) is 0 Å². The SMILES string of the molecule is O=C(C1CCOC2(CCC2)C1)C1CSCCN1.